The monoisotopic (exact) mass is 287 g/mol. The van der Waals surface area contributed by atoms with Crippen LogP contribution in [0.1, 0.15) is 23.2 Å². The fourth-order valence-corrected chi connectivity index (χ4v) is 1.47. The number of halogens is 2. The molecule has 0 saturated carbocycles. The molecule has 6 nitrogen and oxygen atoms in total. The second-order valence-corrected chi connectivity index (χ2v) is 3.89. The smallest absolute Gasteiger partial charge is 0.326 e. The standard InChI is InChI=1S/C12H11F2NO5/c13-6-2-1-3-7(14)10(6)11(18)15-8(12(19)20)4-5-9(16)17/h1-3,8H,4-5H2,(H,15,18)(H,16,17)(H,19,20). The minimum Gasteiger partial charge on any atom is -0.481 e. The third-order valence-electron chi connectivity index (χ3n) is 2.44. The van der Waals surface area contributed by atoms with Crippen molar-refractivity contribution in [2.24, 2.45) is 0 Å². The summed E-state index contributed by atoms with van der Waals surface area (Å²) in [6.45, 7) is 0. The Morgan fingerprint density at radius 2 is 1.70 bits per heavy atom. The Balaban J connectivity index is 2.86. The molecule has 1 aromatic carbocycles. The van der Waals surface area contributed by atoms with Gasteiger partial charge in [0.1, 0.15) is 23.2 Å². The zero-order valence-electron chi connectivity index (χ0n) is 10.1. The average molecular weight is 287 g/mol. The largest absolute Gasteiger partial charge is 0.481 e. The summed E-state index contributed by atoms with van der Waals surface area (Å²) in [4.78, 5) is 32.9. The number of carboxylic acids is 2. The number of aliphatic carboxylic acids is 2. The Morgan fingerprint density at radius 3 is 2.15 bits per heavy atom. The van der Waals surface area contributed by atoms with Crippen molar-refractivity contribution in [3.8, 4) is 0 Å². The van der Waals surface area contributed by atoms with Gasteiger partial charge in [0.2, 0.25) is 0 Å². The first-order valence-electron chi connectivity index (χ1n) is 5.52. The first-order chi connectivity index (χ1) is 9.32. The van der Waals surface area contributed by atoms with Gasteiger partial charge in [0, 0.05) is 6.42 Å². The lowest BCUT2D eigenvalue weighted by molar-refractivity contribution is -0.140. The highest BCUT2D eigenvalue weighted by molar-refractivity contribution is 5.97. The number of carbonyl (C=O) groups excluding carboxylic acids is 1. The summed E-state index contributed by atoms with van der Waals surface area (Å²) in [6, 6.07) is 1.22. The van der Waals surface area contributed by atoms with E-state index >= 15 is 0 Å². The summed E-state index contributed by atoms with van der Waals surface area (Å²) in [6.07, 6.45) is -0.899. The van der Waals surface area contributed by atoms with Crippen LogP contribution in [-0.2, 0) is 9.59 Å². The molecule has 1 unspecified atom stereocenters. The van der Waals surface area contributed by atoms with Crippen LogP contribution in [-0.4, -0.2) is 34.1 Å². The van der Waals surface area contributed by atoms with Gasteiger partial charge in [0.15, 0.2) is 0 Å². The Hall–Kier alpha value is -2.51. The van der Waals surface area contributed by atoms with E-state index < -0.39 is 53.9 Å². The lowest BCUT2D eigenvalue weighted by atomic mass is 10.1. The van der Waals surface area contributed by atoms with E-state index in [-0.39, 0.29) is 0 Å². The van der Waals surface area contributed by atoms with Gasteiger partial charge in [-0.3, -0.25) is 9.59 Å². The van der Waals surface area contributed by atoms with Crippen LogP contribution in [0.25, 0.3) is 0 Å². The van der Waals surface area contributed by atoms with Gasteiger partial charge in [-0.1, -0.05) is 6.07 Å². The molecule has 1 amide bonds. The molecule has 108 valence electrons. The van der Waals surface area contributed by atoms with Gasteiger partial charge in [0.05, 0.1) is 0 Å². The maximum absolute atomic E-state index is 13.3. The number of amides is 1. The van der Waals surface area contributed by atoms with Crippen LogP contribution in [0.5, 0.6) is 0 Å². The van der Waals surface area contributed by atoms with Crippen molar-refractivity contribution >= 4 is 17.8 Å². The molecule has 8 heteroatoms. The molecule has 0 aliphatic heterocycles. The number of carbonyl (C=O) groups is 3. The highest BCUT2D eigenvalue weighted by atomic mass is 19.1. The molecule has 0 bridgehead atoms. The summed E-state index contributed by atoms with van der Waals surface area (Å²) < 4.78 is 26.6. The van der Waals surface area contributed by atoms with Crippen molar-refractivity contribution in [2.45, 2.75) is 18.9 Å². The van der Waals surface area contributed by atoms with Gasteiger partial charge in [-0.05, 0) is 18.6 Å². The molecule has 3 N–H and O–H groups in total. The Labute approximate surface area is 112 Å². The normalized spacial score (nSPS) is 11.7. The van der Waals surface area contributed by atoms with E-state index in [0.717, 1.165) is 18.2 Å². The summed E-state index contributed by atoms with van der Waals surface area (Å²) in [5.74, 6) is -6.26. The van der Waals surface area contributed by atoms with Gasteiger partial charge in [0.25, 0.3) is 5.91 Å². The first kappa shape index (κ1) is 15.5. The van der Waals surface area contributed by atoms with E-state index in [1.807, 2.05) is 5.32 Å². The lowest BCUT2D eigenvalue weighted by Crippen LogP contribution is -2.41. The van der Waals surface area contributed by atoms with E-state index in [2.05, 4.69) is 0 Å². The summed E-state index contributed by atoms with van der Waals surface area (Å²) >= 11 is 0. The first-order valence-corrected chi connectivity index (χ1v) is 5.52. The third kappa shape index (κ3) is 4.01. The maximum atomic E-state index is 13.3. The van der Waals surface area contributed by atoms with Crippen molar-refractivity contribution in [1.82, 2.24) is 5.32 Å². The van der Waals surface area contributed by atoms with Crippen LogP contribution < -0.4 is 5.32 Å². The van der Waals surface area contributed by atoms with E-state index in [0.29, 0.717) is 0 Å². The molecule has 0 spiro atoms. The SMILES string of the molecule is O=C(O)CCC(NC(=O)c1c(F)cccc1F)C(=O)O. The predicted octanol–water partition coefficient (Wildman–Crippen LogP) is 1.01. The van der Waals surface area contributed by atoms with E-state index in [9.17, 15) is 23.2 Å². The minimum absolute atomic E-state index is 0.396. The van der Waals surface area contributed by atoms with E-state index in [4.69, 9.17) is 10.2 Å². The summed E-state index contributed by atoms with van der Waals surface area (Å²) in [5, 5.41) is 19.2. The Kier molecular flexibility index (Phi) is 5.13. The Morgan fingerprint density at radius 1 is 1.15 bits per heavy atom. The molecule has 1 rings (SSSR count). The number of nitrogens with one attached hydrogen (secondary N) is 1. The van der Waals surface area contributed by atoms with Gasteiger partial charge in [-0.15, -0.1) is 0 Å². The summed E-state index contributed by atoms with van der Waals surface area (Å²) in [5.41, 5.74) is -0.908. The molecular weight excluding hydrogens is 276 g/mol. The number of rotatable bonds is 6. The maximum Gasteiger partial charge on any atom is 0.326 e. The van der Waals surface area contributed by atoms with Crippen LogP contribution in [0.2, 0.25) is 0 Å². The number of hydrogen-bond donors (Lipinski definition) is 3. The van der Waals surface area contributed by atoms with Crippen molar-refractivity contribution in [1.29, 1.82) is 0 Å². The second kappa shape index (κ2) is 6.60. The molecule has 0 radical (unpaired) electrons. The van der Waals surface area contributed by atoms with Crippen molar-refractivity contribution in [2.75, 3.05) is 0 Å². The molecule has 0 heterocycles. The molecule has 0 saturated heterocycles. The highest BCUT2D eigenvalue weighted by Gasteiger charge is 2.24. The van der Waals surface area contributed by atoms with Gasteiger partial charge < -0.3 is 15.5 Å². The average Bonchev–Trinajstić information content (AvgIpc) is 2.33. The Bertz CT molecular complexity index is 526. The zero-order chi connectivity index (χ0) is 15.3. The molecule has 20 heavy (non-hydrogen) atoms. The van der Waals surface area contributed by atoms with Crippen molar-refractivity contribution < 1.29 is 33.4 Å². The van der Waals surface area contributed by atoms with Gasteiger partial charge >= 0.3 is 11.9 Å². The van der Waals surface area contributed by atoms with Crippen LogP contribution in [0.15, 0.2) is 18.2 Å². The number of hydrogen-bond acceptors (Lipinski definition) is 3. The molecular formula is C12H11F2NO5. The van der Waals surface area contributed by atoms with Crippen LogP contribution in [0.4, 0.5) is 8.78 Å². The fraction of sp³-hybridized carbons (Fsp3) is 0.250. The molecule has 0 aliphatic carbocycles. The van der Waals surface area contributed by atoms with Crippen LogP contribution in [0, 0.1) is 11.6 Å². The molecule has 0 aliphatic rings. The van der Waals surface area contributed by atoms with E-state index in [1.54, 1.807) is 0 Å². The molecule has 1 atom stereocenters. The van der Waals surface area contributed by atoms with Crippen molar-refractivity contribution in [3.05, 3.63) is 35.4 Å². The third-order valence-corrected chi connectivity index (χ3v) is 2.44. The topological polar surface area (TPSA) is 104 Å². The predicted molar refractivity (Wildman–Crippen MR) is 62.1 cm³/mol. The molecule has 0 fully saturated rings. The van der Waals surface area contributed by atoms with E-state index in [1.165, 1.54) is 0 Å². The quantitative estimate of drug-likeness (QED) is 0.724. The zero-order valence-corrected chi connectivity index (χ0v) is 10.1. The van der Waals surface area contributed by atoms with Gasteiger partial charge in [-0.2, -0.15) is 0 Å². The number of benzene rings is 1. The van der Waals surface area contributed by atoms with Crippen LogP contribution >= 0.6 is 0 Å². The summed E-state index contributed by atoms with van der Waals surface area (Å²) in [7, 11) is 0. The molecule has 0 aromatic heterocycles. The fourth-order valence-electron chi connectivity index (χ4n) is 1.47. The van der Waals surface area contributed by atoms with Crippen molar-refractivity contribution in [3.63, 3.8) is 0 Å². The lowest BCUT2D eigenvalue weighted by Gasteiger charge is -2.14. The molecule has 1 aromatic rings. The van der Waals surface area contributed by atoms with Crippen LogP contribution in [0.3, 0.4) is 0 Å². The highest BCUT2D eigenvalue weighted by Crippen LogP contribution is 2.12. The second-order valence-electron chi connectivity index (χ2n) is 3.89. The van der Waals surface area contributed by atoms with Gasteiger partial charge in [-0.25, -0.2) is 13.6 Å². The number of carboxylic acid groups (broad SMARTS) is 2. The minimum atomic E-state index is -1.54.